The van der Waals surface area contributed by atoms with Gasteiger partial charge in [0.25, 0.3) is 0 Å². The summed E-state index contributed by atoms with van der Waals surface area (Å²) in [4.78, 5) is 0. The zero-order chi connectivity index (χ0) is 12.3. The number of halogens is 1. The lowest BCUT2D eigenvalue weighted by Gasteiger charge is -2.05. The van der Waals surface area contributed by atoms with Crippen LogP contribution >= 0.6 is 12.4 Å². The molecule has 2 N–H and O–H groups in total. The van der Waals surface area contributed by atoms with Gasteiger partial charge in [0.1, 0.15) is 5.75 Å². The van der Waals surface area contributed by atoms with Crippen molar-refractivity contribution in [2.24, 2.45) is 0 Å². The van der Waals surface area contributed by atoms with Crippen LogP contribution in [0.2, 0.25) is 0 Å². The van der Waals surface area contributed by atoms with Gasteiger partial charge in [0.15, 0.2) is 0 Å². The van der Waals surface area contributed by atoms with Crippen molar-refractivity contribution < 1.29 is 5.11 Å². The molecule has 0 radical (unpaired) electrons. The van der Waals surface area contributed by atoms with E-state index < -0.39 is 0 Å². The summed E-state index contributed by atoms with van der Waals surface area (Å²) in [5, 5.41) is 16.9. The molecule has 0 amide bonds. The maximum absolute atomic E-state index is 9.34. The molecule has 4 nitrogen and oxygen atoms in total. The number of aromatic hydroxyl groups is 1. The van der Waals surface area contributed by atoms with E-state index >= 15 is 0 Å². The summed E-state index contributed by atoms with van der Waals surface area (Å²) in [7, 11) is 0. The summed E-state index contributed by atoms with van der Waals surface area (Å²) in [6.45, 7) is 4.86. The van der Waals surface area contributed by atoms with Crippen LogP contribution in [0.5, 0.6) is 5.75 Å². The molecule has 0 fully saturated rings. The summed E-state index contributed by atoms with van der Waals surface area (Å²) < 4.78 is 1.91. The highest BCUT2D eigenvalue weighted by molar-refractivity contribution is 5.85. The van der Waals surface area contributed by atoms with Crippen LogP contribution in [-0.4, -0.2) is 14.9 Å². The third-order valence-electron chi connectivity index (χ3n) is 2.54. The van der Waals surface area contributed by atoms with E-state index in [1.807, 2.05) is 29.2 Å². The number of phenolic OH excluding ortho intramolecular Hbond substituents is 1. The standard InChI is InChI=1S/C13H17N3O.ClH/c1-10(2)16-9-12(8-15-16)14-7-11-4-3-5-13(17)6-11;/h3-6,8-10,14,17H,7H2,1-2H3;1H. The fraction of sp³-hybridized carbons (Fsp3) is 0.308. The second-order valence-corrected chi connectivity index (χ2v) is 4.33. The Morgan fingerprint density at radius 3 is 2.78 bits per heavy atom. The number of anilines is 1. The smallest absolute Gasteiger partial charge is 0.115 e. The molecule has 0 aliphatic heterocycles. The van der Waals surface area contributed by atoms with E-state index in [1.165, 1.54) is 0 Å². The first-order chi connectivity index (χ1) is 8.15. The number of rotatable bonds is 4. The molecule has 98 valence electrons. The summed E-state index contributed by atoms with van der Waals surface area (Å²) in [6.07, 6.45) is 3.79. The predicted molar refractivity (Wildman–Crippen MR) is 75.3 cm³/mol. The normalized spacial score (nSPS) is 10.2. The Kier molecular flexibility index (Phi) is 5.04. The lowest BCUT2D eigenvalue weighted by molar-refractivity contribution is 0.474. The van der Waals surface area contributed by atoms with Crippen molar-refractivity contribution in [2.45, 2.75) is 26.4 Å². The van der Waals surface area contributed by atoms with E-state index in [0.29, 0.717) is 18.3 Å². The van der Waals surface area contributed by atoms with Gasteiger partial charge < -0.3 is 10.4 Å². The number of nitrogens with one attached hydrogen (secondary N) is 1. The highest BCUT2D eigenvalue weighted by Crippen LogP contribution is 2.14. The molecular formula is C13H18ClN3O. The molecule has 2 aromatic rings. The molecule has 1 heterocycles. The van der Waals surface area contributed by atoms with Gasteiger partial charge in [-0.15, -0.1) is 12.4 Å². The Morgan fingerprint density at radius 2 is 2.17 bits per heavy atom. The molecule has 0 unspecified atom stereocenters. The summed E-state index contributed by atoms with van der Waals surface area (Å²) in [5.74, 6) is 0.294. The first-order valence-electron chi connectivity index (χ1n) is 5.71. The molecule has 0 spiro atoms. The van der Waals surface area contributed by atoms with Crippen LogP contribution in [0.4, 0.5) is 5.69 Å². The molecule has 1 aromatic carbocycles. The van der Waals surface area contributed by atoms with E-state index in [0.717, 1.165) is 11.3 Å². The summed E-state index contributed by atoms with van der Waals surface area (Å²) in [5.41, 5.74) is 2.03. The first kappa shape index (κ1) is 14.4. The third-order valence-corrected chi connectivity index (χ3v) is 2.54. The Hall–Kier alpha value is -1.68. The average molecular weight is 268 g/mol. The fourth-order valence-electron chi connectivity index (χ4n) is 1.58. The minimum Gasteiger partial charge on any atom is -0.508 e. The Labute approximate surface area is 113 Å². The molecule has 18 heavy (non-hydrogen) atoms. The molecule has 0 saturated carbocycles. The maximum Gasteiger partial charge on any atom is 0.115 e. The molecule has 0 bridgehead atoms. The molecule has 0 saturated heterocycles. The minimum absolute atomic E-state index is 0. The van der Waals surface area contributed by atoms with Crippen LogP contribution in [0.15, 0.2) is 36.7 Å². The quantitative estimate of drug-likeness (QED) is 0.894. The SMILES string of the molecule is CC(C)n1cc(NCc2cccc(O)c2)cn1.Cl. The monoisotopic (exact) mass is 267 g/mol. The van der Waals surface area contributed by atoms with Crippen molar-refractivity contribution in [1.29, 1.82) is 0 Å². The maximum atomic E-state index is 9.34. The third kappa shape index (κ3) is 3.67. The minimum atomic E-state index is 0. The fourth-order valence-corrected chi connectivity index (χ4v) is 1.58. The zero-order valence-corrected chi connectivity index (χ0v) is 11.3. The molecule has 0 aliphatic rings. The molecule has 2 rings (SSSR count). The van der Waals surface area contributed by atoms with E-state index in [2.05, 4.69) is 24.3 Å². The van der Waals surface area contributed by atoms with E-state index in [-0.39, 0.29) is 12.4 Å². The van der Waals surface area contributed by atoms with Crippen molar-refractivity contribution in [3.05, 3.63) is 42.2 Å². The second kappa shape index (κ2) is 6.31. The Morgan fingerprint density at radius 1 is 1.39 bits per heavy atom. The van der Waals surface area contributed by atoms with Gasteiger partial charge in [-0.3, -0.25) is 4.68 Å². The van der Waals surface area contributed by atoms with Gasteiger partial charge in [0.05, 0.1) is 11.9 Å². The van der Waals surface area contributed by atoms with Gasteiger partial charge in [0.2, 0.25) is 0 Å². The number of nitrogens with zero attached hydrogens (tertiary/aromatic N) is 2. The average Bonchev–Trinajstić information content (AvgIpc) is 2.75. The van der Waals surface area contributed by atoms with E-state index in [9.17, 15) is 5.11 Å². The highest BCUT2D eigenvalue weighted by atomic mass is 35.5. The second-order valence-electron chi connectivity index (χ2n) is 4.33. The lowest BCUT2D eigenvalue weighted by atomic mass is 10.2. The highest BCUT2D eigenvalue weighted by Gasteiger charge is 2.01. The predicted octanol–water partition coefficient (Wildman–Crippen LogP) is 3.20. The summed E-state index contributed by atoms with van der Waals surface area (Å²) >= 11 is 0. The summed E-state index contributed by atoms with van der Waals surface area (Å²) in [6, 6.07) is 7.59. The van der Waals surface area contributed by atoms with Crippen LogP contribution in [0.3, 0.4) is 0 Å². The molecule has 1 aromatic heterocycles. The molecule has 5 heteroatoms. The zero-order valence-electron chi connectivity index (χ0n) is 10.5. The van der Waals surface area contributed by atoms with Crippen LogP contribution in [-0.2, 0) is 6.54 Å². The van der Waals surface area contributed by atoms with Crippen molar-refractivity contribution in [3.8, 4) is 5.75 Å². The van der Waals surface area contributed by atoms with E-state index in [4.69, 9.17) is 0 Å². The molecule has 0 atom stereocenters. The van der Waals surface area contributed by atoms with E-state index in [1.54, 1.807) is 12.1 Å². The van der Waals surface area contributed by atoms with Crippen LogP contribution in [0, 0.1) is 0 Å². The lowest BCUT2D eigenvalue weighted by Crippen LogP contribution is -2.01. The topological polar surface area (TPSA) is 50.1 Å². The van der Waals surface area contributed by atoms with Gasteiger partial charge in [-0.1, -0.05) is 12.1 Å². The van der Waals surface area contributed by atoms with Crippen LogP contribution < -0.4 is 5.32 Å². The van der Waals surface area contributed by atoms with Crippen molar-refractivity contribution >= 4 is 18.1 Å². The van der Waals surface area contributed by atoms with Crippen molar-refractivity contribution in [1.82, 2.24) is 9.78 Å². The largest absolute Gasteiger partial charge is 0.508 e. The molecular weight excluding hydrogens is 250 g/mol. The van der Waals surface area contributed by atoms with Gasteiger partial charge in [-0.25, -0.2) is 0 Å². The number of hydrogen-bond donors (Lipinski definition) is 2. The number of aromatic nitrogens is 2. The first-order valence-corrected chi connectivity index (χ1v) is 5.71. The molecule has 0 aliphatic carbocycles. The van der Waals surface area contributed by atoms with Crippen LogP contribution in [0.25, 0.3) is 0 Å². The van der Waals surface area contributed by atoms with Gasteiger partial charge in [-0.05, 0) is 31.5 Å². The van der Waals surface area contributed by atoms with Crippen molar-refractivity contribution in [2.75, 3.05) is 5.32 Å². The van der Waals surface area contributed by atoms with Gasteiger partial charge in [0, 0.05) is 18.8 Å². The van der Waals surface area contributed by atoms with Gasteiger partial charge in [-0.2, -0.15) is 5.10 Å². The number of hydrogen-bond acceptors (Lipinski definition) is 3. The Balaban J connectivity index is 0.00000162. The van der Waals surface area contributed by atoms with Gasteiger partial charge >= 0.3 is 0 Å². The number of benzene rings is 1. The Bertz CT molecular complexity index is 496. The number of phenols is 1. The van der Waals surface area contributed by atoms with Crippen molar-refractivity contribution in [3.63, 3.8) is 0 Å². The van der Waals surface area contributed by atoms with Crippen LogP contribution in [0.1, 0.15) is 25.5 Å².